The summed E-state index contributed by atoms with van der Waals surface area (Å²) in [6, 6.07) is 5.70. The van der Waals surface area contributed by atoms with Gasteiger partial charge in [0.2, 0.25) is 5.91 Å². The molecule has 4 heteroatoms. The van der Waals surface area contributed by atoms with E-state index in [1.807, 2.05) is 18.2 Å². The summed E-state index contributed by atoms with van der Waals surface area (Å²) >= 11 is 2.19. The number of benzene rings is 1. The first-order valence-corrected chi connectivity index (χ1v) is 6.33. The minimum atomic E-state index is 0.0299. The van der Waals surface area contributed by atoms with Crippen LogP contribution in [0, 0.1) is 21.8 Å². The summed E-state index contributed by atoms with van der Waals surface area (Å²) in [4.78, 5) is 13.5. The first-order chi connectivity index (χ1) is 8.15. The molecule has 0 spiro atoms. The molecule has 1 atom stereocenters. The van der Waals surface area contributed by atoms with Gasteiger partial charge in [0.05, 0.1) is 10.7 Å². The number of ether oxygens (including phenoxy) is 1. The molecule has 17 heavy (non-hydrogen) atoms. The van der Waals surface area contributed by atoms with Crippen molar-refractivity contribution in [3.8, 4) is 18.1 Å². The second-order valence-corrected chi connectivity index (χ2v) is 5.05. The van der Waals surface area contributed by atoms with Gasteiger partial charge in [-0.05, 0) is 40.8 Å². The van der Waals surface area contributed by atoms with Gasteiger partial charge in [-0.1, -0.05) is 0 Å². The van der Waals surface area contributed by atoms with Crippen LogP contribution in [0.5, 0.6) is 5.75 Å². The Hall–Kier alpha value is -1.22. The number of terminal acetylenes is 1. The Morgan fingerprint density at radius 3 is 2.88 bits per heavy atom. The third-order valence-corrected chi connectivity index (χ3v) is 3.65. The van der Waals surface area contributed by atoms with Crippen LogP contribution >= 0.6 is 22.6 Å². The van der Waals surface area contributed by atoms with E-state index in [0.29, 0.717) is 13.0 Å². The molecule has 2 rings (SSSR count). The van der Waals surface area contributed by atoms with E-state index in [1.54, 1.807) is 12.0 Å². The molecular weight excluding hydrogens is 329 g/mol. The van der Waals surface area contributed by atoms with E-state index >= 15 is 0 Å². The maximum atomic E-state index is 11.8. The quantitative estimate of drug-likeness (QED) is 0.610. The lowest BCUT2D eigenvalue weighted by Gasteiger charge is -2.17. The molecule has 0 aromatic heterocycles. The monoisotopic (exact) mass is 341 g/mol. The van der Waals surface area contributed by atoms with Gasteiger partial charge in [0.1, 0.15) is 5.75 Å². The first-order valence-electron chi connectivity index (χ1n) is 5.25. The molecule has 0 saturated carbocycles. The number of nitrogens with zero attached hydrogens (tertiary/aromatic N) is 1. The van der Waals surface area contributed by atoms with E-state index in [-0.39, 0.29) is 11.8 Å². The Kier molecular flexibility index (Phi) is 3.57. The average Bonchev–Trinajstić information content (AvgIpc) is 2.70. The van der Waals surface area contributed by atoms with Crippen molar-refractivity contribution in [2.45, 2.75) is 6.42 Å². The van der Waals surface area contributed by atoms with Crippen LogP contribution in [-0.2, 0) is 4.79 Å². The average molecular weight is 341 g/mol. The summed E-state index contributed by atoms with van der Waals surface area (Å²) in [6.45, 7) is 0.609. The summed E-state index contributed by atoms with van der Waals surface area (Å²) in [5.74, 6) is 3.58. The first kappa shape index (κ1) is 12.2. The van der Waals surface area contributed by atoms with Crippen molar-refractivity contribution < 1.29 is 9.53 Å². The number of hydrogen-bond donors (Lipinski definition) is 0. The van der Waals surface area contributed by atoms with Crippen molar-refractivity contribution in [2.75, 3.05) is 18.6 Å². The molecule has 1 aliphatic heterocycles. The number of amides is 1. The maximum Gasteiger partial charge on any atom is 0.228 e. The minimum Gasteiger partial charge on any atom is -0.496 e. The summed E-state index contributed by atoms with van der Waals surface area (Å²) in [5.41, 5.74) is 0.887. The van der Waals surface area contributed by atoms with Crippen LogP contribution in [0.2, 0.25) is 0 Å². The van der Waals surface area contributed by atoms with Gasteiger partial charge >= 0.3 is 0 Å². The molecule has 1 saturated heterocycles. The fraction of sp³-hybridized carbons (Fsp3) is 0.308. The van der Waals surface area contributed by atoms with E-state index < -0.39 is 0 Å². The Morgan fingerprint density at radius 1 is 1.59 bits per heavy atom. The topological polar surface area (TPSA) is 29.5 Å². The zero-order valence-corrected chi connectivity index (χ0v) is 11.6. The van der Waals surface area contributed by atoms with Crippen molar-refractivity contribution in [2.24, 2.45) is 5.92 Å². The lowest BCUT2D eigenvalue weighted by molar-refractivity contribution is -0.117. The van der Waals surface area contributed by atoms with Gasteiger partial charge in [-0.15, -0.1) is 12.3 Å². The number of hydrogen-bond acceptors (Lipinski definition) is 2. The normalized spacial score (nSPS) is 19.2. The SMILES string of the molecule is C#CC1CC(=O)N(c2ccc(OC)c(I)c2)C1. The molecule has 0 radical (unpaired) electrons. The molecule has 0 N–H and O–H groups in total. The molecule has 3 nitrogen and oxygen atoms in total. The van der Waals surface area contributed by atoms with Gasteiger partial charge < -0.3 is 9.64 Å². The third-order valence-electron chi connectivity index (χ3n) is 2.81. The molecule has 1 amide bonds. The van der Waals surface area contributed by atoms with Crippen molar-refractivity contribution in [1.82, 2.24) is 0 Å². The van der Waals surface area contributed by atoms with Crippen LogP contribution in [0.15, 0.2) is 18.2 Å². The number of methoxy groups -OCH3 is 1. The zero-order chi connectivity index (χ0) is 12.4. The highest BCUT2D eigenvalue weighted by atomic mass is 127. The molecule has 1 aromatic rings. The maximum absolute atomic E-state index is 11.8. The Balaban J connectivity index is 2.27. The van der Waals surface area contributed by atoms with E-state index in [0.717, 1.165) is 15.0 Å². The fourth-order valence-corrected chi connectivity index (χ4v) is 2.61. The molecule has 1 aromatic carbocycles. The summed E-state index contributed by atoms with van der Waals surface area (Å²) in [6.07, 6.45) is 5.81. The predicted octanol–water partition coefficient (Wildman–Crippen LogP) is 2.29. The summed E-state index contributed by atoms with van der Waals surface area (Å²) in [5, 5.41) is 0. The predicted molar refractivity (Wildman–Crippen MR) is 75.0 cm³/mol. The number of carbonyl (C=O) groups excluding carboxylic acids is 1. The molecule has 1 heterocycles. The molecule has 0 bridgehead atoms. The number of carbonyl (C=O) groups is 1. The highest BCUT2D eigenvalue weighted by Gasteiger charge is 2.29. The summed E-state index contributed by atoms with van der Waals surface area (Å²) < 4.78 is 6.17. The Morgan fingerprint density at radius 2 is 2.35 bits per heavy atom. The lowest BCUT2D eigenvalue weighted by Crippen LogP contribution is -2.24. The minimum absolute atomic E-state index is 0.0299. The van der Waals surface area contributed by atoms with Gasteiger partial charge in [0.25, 0.3) is 0 Å². The van der Waals surface area contributed by atoms with Crippen molar-refractivity contribution in [1.29, 1.82) is 0 Å². The highest BCUT2D eigenvalue weighted by molar-refractivity contribution is 14.1. The van der Waals surface area contributed by atoms with Gasteiger partial charge in [0, 0.05) is 24.6 Å². The smallest absolute Gasteiger partial charge is 0.228 e. The van der Waals surface area contributed by atoms with Crippen LogP contribution in [0.25, 0.3) is 0 Å². The van der Waals surface area contributed by atoms with E-state index in [9.17, 15) is 4.79 Å². The number of halogens is 1. The van der Waals surface area contributed by atoms with Crippen LogP contribution in [-0.4, -0.2) is 19.6 Å². The van der Waals surface area contributed by atoms with Gasteiger partial charge in [-0.2, -0.15) is 0 Å². The van der Waals surface area contributed by atoms with Crippen molar-refractivity contribution >= 4 is 34.2 Å². The highest BCUT2D eigenvalue weighted by Crippen LogP contribution is 2.30. The molecule has 1 aliphatic rings. The number of anilines is 1. The van der Waals surface area contributed by atoms with Crippen molar-refractivity contribution in [3.63, 3.8) is 0 Å². The van der Waals surface area contributed by atoms with Crippen LogP contribution < -0.4 is 9.64 Å². The van der Waals surface area contributed by atoms with Crippen molar-refractivity contribution in [3.05, 3.63) is 21.8 Å². The van der Waals surface area contributed by atoms with Gasteiger partial charge in [0.15, 0.2) is 0 Å². The molecular formula is C13H12INO2. The zero-order valence-electron chi connectivity index (χ0n) is 9.44. The van der Waals surface area contributed by atoms with Crippen LogP contribution in [0.4, 0.5) is 5.69 Å². The van der Waals surface area contributed by atoms with E-state index in [2.05, 4.69) is 28.5 Å². The Bertz CT molecular complexity index is 493. The van der Waals surface area contributed by atoms with Gasteiger partial charge in [-0.3, -0.25) is 4.79 Å². The van der Waals surface area contributed by atoms with E-state index in [4.69, 9.17) is 11.2 Å². The van der Waals surface area contributed by atoms with Crippen LogP contribution in [0.3, 0.4) is 0 Å². The standard InChI is InChI=1S/C13H12INO2/c1-3-9-6-13(16)15(8-9)10-4-5-12(17-2)11(14)7-10/h1,4-5,7,9H,6,8H2,2H3. The Labute approximate surface area is 114 Å². The van der Waals surface area contributed by atoms with Crippen LogP contribution in [0.1, 0.15) is 6.42 Å². The lowest BCUT2D eigenvalue weighted by atomic mass is 10.1. The van der Waals surface area contributed by atoms with E-state index in [1.165, 1.54) is 0 Å². The molecule has 88 valence electrons. The molecule has 0 aliphatic carbocycles. The molecule has 1 unspecified atom stereocenters. The van der Waals surface area contributed by atoms with Gasteiger partial charge in [-0.25, -0.2) is 0 Å². The second-order valence-electron chi connectivity index (χ2n) is 3.89. The molecule has 1 fully saturated rings. The largest absolute Gasteiger partial charge is 0.496 e. The number of rotatable bonds is 2. The third kappa shape index (κ3) is 2.39. The fourth-order valence-electron chi connectivity index (χ4n) is 1.89. The summed E-state index contributed by atoms with van der Waals surface area (Å²) in [7, 11) is 1.63. The second kappa shape index (κ2) is 4.96.